The molecule has 1 aliphatic heterocycles. The van der Waals surface area contributed by atoms with Crippen LogP contribution in [0.2, 0.25) is 0 Å². The molecule has 0 amide bonds. The number of para-hydroxylation sites is 1. The third kappa shape index (κ3) is 2.01. The molecule has 2 fully saturated rings. The molecule has 0 aromatic heterocycles. The van der Waals surface area contributed by atoms with Crippen molar-refractivity contribution in [1.82, 2.24) is 0 Å². The first-order chi connectivity index (χ1) is 11.2. The molecule has 23 heavy (non-hydrogen) atoms. The lowest BCUT2D eigenvalue weighted by Gasteiger charge is -2.50. The van der Waals surface area contributed by atoms with Crippen LogP contribution < -0.4 is 4.74 Å². The topological polar surface area (TPSA) is 52.6 Å². The monoisotopic (exact) mass is 314 g/mol. The Balaban J connectivity index is 1.86. The van der Waals surface area contributed by atoms with E-state index in [1.807, 2.05) is 31.2 Å². The summed E-state index contributed by atoms with van der Waals surface area (Å²) < 4.78 is 11.5. The summed E-state index contributed by atoms with van der Waals surface area (Å²) in [5.41, 5.74) is 0.296. The Kier molecular flexibility index (Phi) is 3.52. The summed E-state index contributed by atoms with van der Waals surface area (Å²) in [6, 6.07) is 7.64. The molecule has 3 aliphatic rings. The number of hydrogen-bond donors (Lipinski definition) is 0. The minimum absolute atomic E-state index is 0.00418. The first-order valence-corrected chi connectivity index (χ1v) is 8.60. The van der Waals surface area contributed by atoms with Crippen LogP contribution in [0.1, 0.15) is 44.1 Å². The fourth-order valence-electron chi connectivity index (χ4n) is 5.03. The van der Waals surface area contributed by atoms with E-state index in [-0.39, 0.29) is 23.7 Å². The molecule has 0 radical (unpaired) electrons. The number of ketones is 1. The van der Waals surface area contributed by atoms with Gasteiger partial charge < -0.3 is 9.47 Å². The van der Waals surface area contributed by atoms with Crippen LogP contribution in [-0.4, -0.2) is 25.0 Å². The number of esters is 1. The third-order valence-corrected chi connectivity index (χ3v) is 6.04. The predicted octanol–water partition coefficient (Wildman–Crippen LogP) is 3.10. The lowest BCUT2D eigenvalue weighted by molar-refractivity contribution is -0.168. The second kappa shape index (κ2) is 5.45. The molecule has 1 heterocycles. The molecular weight excluding hydrogens is 292 g/mol. The fourth-order valence-corrected chi connectivity index (χ4v) is 5.03. The molecule has 0 saturated heterocycles. The first-order valence-electron chi connectivity index (χ1n) is 8.60. The van der Waals surface area contributed by atoms with E-state index >= 15 is 0 Å². The zero-order chi connectivity index (χ0) is 16.0. The Hall–Kier alpha value is -1.68. The summed E-state index contributed by atoms with van der Waals surface area (Å²) in [5, 5.41) is 0. The Morgan fingerprint density at radius 2 is 2.09 bits per heavy atom. The van der Waals surface area contributed by atoms with Crippen LogP contribution in [0, 0.1) is 17.3 Å². The van der Waals surface area contributed by atoms with Gasteiger partial charge in [-0.2, -0.15) is 0 Å². The standard InChI is InChI=1S/C19H22O4/c1-2-22-11-19-14-8-5-7-12(14)16(20)10-15(19)13-6-3-4-9-17(13)23-18(19)21/h3-4,6,9,12,14-15H,2,5,7-8,10-11H2,1H3. The molecular formula is C19H22O4. The lowest BCUT2D eigenvalue weighted by atomic mass is 9.54. The maximum Gasteiger partial charge on any atom is 0.320 e. The normalized spacial score (nSPS) is 35.3. The molecule has 1 aromatic carbocycles. The molecule has 2 saturated carbocycles. The summed E-state index contributed by atoms with van der Waals surface area (Å²) in [4.78, 5) is 25.7. The van der Waals surface area contributed by atoms with E-state index < -0.39 is 5.41 Å². The van der Waals surface area contributed by atoms with Crippen molar-refractivity contribution >= 4 is 11.8 Å². The molecule has 0 spiro atoms. The molecule has 0 N–H and O–H groups in total. The maximum atomic E-state index is 13.1. The average Bonchev–Trinajstić information content (AvgIpc) is 3.05. The van der Waals surface area contributed by atoms with Crippen molar-refractivity contribution < 1.29 is 19.1 Å². The van der Waals surface area contributed by atoms with Crippen molar-refractivity contribution in [3.63, 3.8) is 0 Å². The van der Waals surface area contributed by atoms with E-state index in [9.17, 15) is 9.59 Å². The second-order valence-corrected chi connectivity index (χ2v) is 6.97. The van der Waals surface area contributed by atoms with Gasteiger partial charge in [0.05, 0.1) is 6.61 Å². The van der Waals surface area contributed by atoms with Crippen LogP contribution in [0.5, 0.6) is 5.75 Å². The molecule has 122 valence electrons. The number of rotatable bonds is 3. The first kappa shape index (κ1) is 14.9. The summed E-state index contributed by atoms with van der Waals surface area (Å²) in [6.45, 7) is 2.86. The minimum Gasteiger partial charge on any atom is -0.426 e. The predicted molar refractivity (Wildman–Crippen MR) is 84.2 cm³/mol. The van der Waals surface area contributed by atoms with Crippen molar-refractivity contribution in [2.24, 2.45) is 17.3 Å². The van der Waals surface area contributed by atoms with Gasteiger partial charge in [-0.25, -0.2) is 0 Å². The number of carbonyl (C=O) groups excluding carboxylic acids is 2. The van der Waals surface area contributed by atoms with Gasteiger partial charge in [0, 0.05) is 24.9 Å². The largest absolute Gasteiger partial charge is 0.426 e. The highest BCUT2D eigenvalue weighted by atomic mass is 16.5. The van der Waals surface area contributed by atoms with Crippen molar-refractivity contribution in [2.75, 3.05) is 13.2 Å². The summed E-state index contributed by atoms with van der Waals surface area (Å²) >= 11 is 0. The van der Waals surface area contributed by atoms with Crippen LogP contribution >= 0.6 is 0 Å². The van der Waals surface area contributed by atoms with Gasteiger partial charge in [-0.15, -0.1) is 0 Å². The second-order valence-electron chi connectivity index (χ2n) is 6.97. The van der Waals surface area contributed by atoms with Gasteiger partial charge >= 0.3 is 5.97 Å². The lowest BCUT2D eigenvalue weighted by Crippen LogP contribution is -2.57. The van der Waals surface area contributed by atoms with Gasteiger partial charge in [0.2, 0.25) is 0 Å². The third-order valence-electron chi connectivity index (χ3n) is 6.04. The molecule has 1 aromatic rings. The molecule has 4 atom stereocenters. The van der Waals surface area contributed by atoms with E-state index in [4.69, 9.17) is 9.47 Å². The van der Waals surface area contributed by atoms with Gasteiger partial charge in [-0.3, -0.25) is 9.59 Å². The van der Waals surface area contributed by atoms with Gasteiger partial charge in [0.1, 0.15) is 16.9 Å². The summed E-state index contributed by atoms with van der Waals surface area (Å²) in [5.74, 6) is 0.677. The summed E-state index contributed by atoms with van der Waals surface area (Å²) in [6.07, 6.45) is 3.26. The zero-order valence-corrected chi connectivity index (χ0v) is 13.4. The number of Topliss-reactive ketones (excluding diaryl/α,β-unsaturated/α-hetero) is 1. The Labute approximate surface area is 136 Å². The maximum absolute atomic E-state index is 13.1. The molecule has 4 unspecified atom stereocenters. The Morgan fingerprint density at radius 1 is 1.26 bits per heavy atom. The van der Waals surface area contributed by atoms with Crippen LogP contribution in [0.15, 0.2) is 24.3 Å². The van der Waals surface area contributed by atoms with Gasteiger partial charge in [0.15, 0.2) is 0 Å². The number of ether oxygens (including phenoxy) is 2. The number of benzene rings is 1. The number of carbonyl (C=O) groups is 2. The molecule has 4 rings (SSSR count). The average molecular weight is 314 g/mol. The Morgan fingerprint density at radius 3 is 2.91 bits per heavy atom. The van der Waals surface area contributed by atoms with Crippen LogP contribution in [0.4, 0.5) is 0 Å². The molecule has 4 heteroatoms. The van der Waals surface area contributed by atoms with Crippen LogP contribution in [0.3, 0.4) is 0 Å². The SMILES string of the molecule is CCOCC12C(=O)Oc3ccccc3C1CC(=O)C1CCCC12. The quantitative estimate of drug-likeness (QED) is 0.635. The molecule has 2 aliphatic carbocycles. The van der Waals surface area contributed by atoms with E-state index in [0.29, 0.717) is 31.2 Å². The van der Waals surface area contributed by atoms with E-state index in [1.165, 1.54) is 0 Å². The van der Waals surface area contributed by atoms with Gasteiger partial charge in [-0.1, -0.05) is 24.6 Å². The van der Waals surface area contributed by atoms with Crippen molar-refractivity contribution in [3.8, 4) is 5.75 Å². The van der Waals surface area contributed by atoms with Gasteiger partial charge in [-0.05, 0) is 37.3 Å². The minimum atomic E-state index is -0.695. The number of fused-ring (bicyclic) bond motifs is 5. The van der Waals surface area contributed by atoms with Crippen LogP contribution in [-0.2, 0) is 14.3 Å². The highest BCUT2D eigenvalue weighted by Crippen LogP contribution is 2.60. The highest BCUT2D eigenvalue weighted by molar-refractivity contribution is 5.91. The van der Waals surface area contributed by atoms with Gasteiger partial charge in [0.25, 0.3) is 0 Å². The molecule has 0 bridgehead atoms. The summed E-state index contributed by atoms with van der Waals surface area (Å²) in [7, 11) is 0. The van der Waals surface area contributed by atoms with Crippen molar-refractivity contribution in [2.45, 2.75) is 38.5 Å². The van der Waals surface area contributed by atoms with Crippen molar-refractivity contribution in [3.05, 3.63) is 29.8 Å². The highest BCUT2D eigenvalue weighted by Gasteiger charge is 2.63. The zero-order valence-electron chi connectivity index (χ0n) is 13.4. The smallest absolute Gasteiger partial charge is 0.320 e. The van der Waals surface area contributed by atoms with Crippen molar-refractivity contribution in [1.29, 1.82) is 0 Å². The Bertz CT molecular complexity index is 653. The molecule has 4 nitrogen and oxygen atoms in total. The van der Waals surface area contributed by atoms with E-state index in [0.717, 1.165) is 24.8 Å². The fraction of sp³-hybridized carbons (Fsp3) is 0.579. The van der Waals surface area contributed by atoms with E-state index in [1.54, 1.807) is 0 Å². The van der Waals surface area contributed by atoms with Crippen LogP contribution in [0.25, 0.3) is 0 Å². The van der Waals surface area contributed by atoms with E-state index in [2.05, 4.69) is 0 Å². The number of hydrogen-bond acceptors (Lipinski definition) is 4.